The van der Waals surface area contributed by atoms with Gasteiger partial charge in [0.25, 0.3) is 0 Å². The third-order valence-corrected chi connectivity index (χ3v) is 2.70. The summed E-state index contributed by atoms with van der Waals surface area (Å²) in [4.78, 5) is 11.3. The van der Waals surface area contributed by atoms with Crippen LogP contribution in [0.1, 0.15) is 39.5 Å². The second-order valence-electron chi connectivity index (χ2n) is 4.27. The molecule has 0 aromatic rings. The maximum atomic E-state index is 11.3. The maximum absolute atomic E-state index is 11.3. The first-order valence-corrected chi connectivity index (χ1v) is 5.15. The molecule has 13 heavy (non-hydrogen) atoms. The largest absolute Gasteiger partial charge is 0.352 e. The molecule has 0 heterocycles. The number of hydrogen-bond acceptors (Lipinski definition) is 2. The van der Waals surface area contributed by atoms with E-state index in [4.69, 9.17) is 5.73 Å². The standard InChI is InChI=1S/C10H20N2O/c1-7-4-3-5-9(6-7)12-10(13)8(2)11/h7-9H,3-6,11H2,1-2H3,(H,12,13)/t7?,8-,9?/m1/s1. The predicted octanol–water partition coefficient (Wildman–Crippen LogP) is 1.03. The van der Waals surface area contributed by atoms with Gasteiger partial charge in [-0.1, -0.05) is 19.8 Å². The quantitative estimate of drug-likeness (QED) is 0.673. The van der Waals surface area contributed by atoms with Gasteiger partial charge in [-0.3, -0.25) is 4.79 Å². The van der Waals surface area contributed by atoms with Crippen LogP contribution in [0.3, 0.4) is 0 Å². The third-order valence-electron chi connectivity index (χ3n) is 2.70. The SMILES string of the molecule is CC1CCCC(NC(=O)[C@@H](C)N)C1. The van der Waals surface area contributed by atoms with Gasteiger partial charge >= 0.3 is 0 Å². The highest BCUT2D eigenvalue weighted by Crippen LogP contribution is 2.23. The molecule has 1 rings (SSSR count). The van der Waals surface area contributed by atoms with E-state index in [9.17, 15) is 4.79 Å². The fourth-order valence-corrected chi connectivity index (χ4v) is 1.90. The Kier molecular flexibility index (Phi) is 3.72. The average molecular weight is 184 g/mol. The Morgan fingerprint density at radius 3 is 2.77 bits per heavy atom. The Bertz CT molecular complexity index is 180. The highest BCUT2D eigenvalue weighted by Gasteiger charge is 2.21. The molecule has 2 unspecified atom stereocenters. The smallest absolute Gasteiger partial charge is 0.236 e. The van der Waals surface area contributed by atoms with Crippen molar-refractivity contribution in [2.45, 2.75) is 51.6 Å². The van der Waals surface area contributed by atoms with Crippen LogP contribution in [-0.2, 0) is 4.79 Å². The lowest BCUT2D eigenvalue weighted by Crippen LogP contribution is -2.45. The zero-order valence-electron chi connectivity index (χ0n) is 8.55. The van der Waals surface area contributed by atoms with Gasteiger partial charge in [-0.15, -0.1) is 0 Å². The van der Waals surface area contributed by atoms with Crippen molar-refractivity contribution in [3.8, 4) is 0 Å². The molecule has 0 saturated heterocycles. The second kappa shape index (κ2) is 4.61. The van der Waals surface area contributed by atoms with Crippen molar-refractivity contribution in [1.82, 2.24) is 5.32 Å². The van der Waals surface area contributed by atoms with E-state index in [0.29, 0.717) is 6.04 Å². The molecule has 1 aliphatic rings. The molecule has 3 heteroatoms. The van der Waals surface area contributed by atoms with Crippen molar-refractivity contribution in [3.63, 3.8) is 0 Å². The molecule has 76 valence electrons. The number of amides is 1. The van der Waals surface area contributed by atoms with E-state index in [2.05, 4.69) is 12.2 Å². The van der Waals surface area contributed by atoms with Crippen molar-refractivity contribution < 1.29 is 4.79 Å². The Morgan fingerprint density at radius 1 is 1.54 bits per heavy atom. The summed E-state index contributed by atoms with van der Waals surface area (Å²) in [6.07, 6.45) is 4.75. The zero-order chi connectivity index (χ0) is 9.84. The summed E-state index contributed by atoms with van der Waals surface area (Å²) in [5, 5.41) is 2.98. The molecule has 0 radical (unpaired) electrons. The third kappa shape index (κ3) is 3.35. The van der Waals surface area contributed by atoms with Crippen LogP contribution in [0.2, 0.25) is 0 Å². The molecule has 0 spiro atoms. The first kappa shape index (κ1) is 10.5. The summed E-state index contributed by atoms with van der Waals surface area (Å²) in [7, 11) is 0. The molecule has 3 atom stereocenters. The van der Waals surface area contributed by atoms with Crippen LogP contribution in [0.5, 0.6) is 0 Å². The van der Waals surface area contributed by atoms with Gasteiger partial charge in [-0.05, 0) is 25.7 Å². The van der Waals surface area contributed by atoms with Crippen LogP contribution in [0.4, 0.5) is 0 Å². The average Bonchev–Trinajstić information content (AvgIpc) is 2.04. The van der Waals surface area contributed by atoms with Gasteiger partial charge in [0.05, 0.1) is 6.04 Å². The van der Waals surface area contributed by atoms with Gasteiger partial charge in [0.15, 0.2) is 0 Å². The molecule has 3 nitrogen and oxygen atoms in total. The number of nitrogens with two attached hydrogens (primary N) is 1. The van der Waals surface area contributed by atoms with E-state index >= 15 is 0 Å². The molecule has 0 aromatic carbocycles. The lowest BCUT2D eigenvalue weighted by atomic mass is 9.87. The van der Waals surface area contributed by atoms with Crippen molar-refractivity contribution in [2.75, 3.05) is 0 Å². The van der Waals surface area contributed by atoms with Crippen molar-refractivity contribution >= 4 is 5.91 Å². The number of rotatable bonds is 2. The van der Waals surface area contributed by atoms with Crippen molar-refractivity contribution in [3.05, 3.63) is 0 Å². The van der Waals surface area contributed by atoms with E-state index < -0.39 is 0 Å². The molecular weight excluding hydrogens is 164 g/mol. The minimum atomic E-state index is -0.378. The lowest BCUT2D eigenvalue weighted by Gasteiger charge is -2.27. The first-order valence-electron chi connectivity index (χ1n) is 5.15. The molecule has 3 N–H and O–H groups in total. The van der Waals surface area contributed by atoms with Gasteiger partial charge in [0.1, 0.15) is 0 Å². The van der Waals surface area contributed by atoms with E-state index in [1.165, 1.54) is 12.8 Å². The number of hydrogen-bond donors (Lipinski definition) is 2. The highest BCUT2D eigenvalue weighted by molar-refractivity contribution is 5.81. The monoisotopic (exact) mass is 184 g/mol. The van der Waals surface area contributed by atoms with E-state index in [-0.39, 0.29) is 11.9 Å². The summed E-state index contributed by atoms with van der Waals surface area (Å²) >= 11 is 0. The second-order valence-corrected chi connectivity index (χ2v) is 4.27. The predicted molar refractivity (Wildman–Crippen MR) is 53.2 cm³/mol. The zero-order valence-corrected chi connectivity index (χ0v) is 8.55. The molecular formula is C10H20N2O. The number of carbonyl (C=O) groups is 1. The van der Waals surface area contributed by atoms with Crippen LogP contribution in [0.15, 0.2) is 0 Å². The number of nitrogens with one attached hydrogen (secondary N) is 1. The van der Waals surface area contributed by atoms with E-state index in [0.717, 1.165) is 18.8 Å². The molecule has 0 aromatic heterocycles. The van der Waals surface area contributed by atoms with Crippen LogP contribution in [0.25, 0.3) is 0 Å². The van der Waals surface area contributed by atoms with Crippen LogP contribution in [-0.4, -0.2) is 18.0 Å². The normalized spacial score (nSPS) is 31.0. The molecule has 0 aliphatic heterocycles. The molecule has 1 amide bonds. The summed E-state index contributed by atoms with van der Waals surface area (Å²) in [6, 6.07) is -0.0144. The molecule has 1 aliphatic carbocycles. The highest BCUT2D eigenvalue weighted by atomic mass is 16.2. The Hall–Kier alpha value is -0.570. The molecule has 0 bridgehead atoms. The Morgan fingerprint density at radius 2 is 2.23 bits per heavy atom. The topological polar surface area (TPSA) is 55.1 Å². The minimum Gasteiger partial charge on any atom is -0.352 e. The van der Waals surface area contributed by atoms with Crippen LogP contribution < -0.4 is 11.1 Å². The minimum absolute atomic E-state index is 0.0147. The van der Waals surface area contributed by atoms with Crippen LogP contribution in [0, 0.1) is 5.92 Å². The lowest BCUT2D eigenvalue weighted by molar-refractivity contribution is -0.123. The van der Waals surface area contributed by atoms with Gasteiger partial charge in [0.2, 0.25) is 5.91 Å². The number of carbonyl (C=O) groups excluding carboxylic acids is 1. The summed E-state index contributed by atoms with van der Waals surface area (Å²) in [5.74, 6) is 0.728. The first-order chi connectivity index (χ1) is 6.09. The fraction of sp³-hybridized carbons (Fsp3) is 0.900. The van der Waals surface area contributed by atoms with Gasteiger partial charge in [-0.25, -0.2) is 0 Å². The summed E-state index contributed by atoms with van der Waals surface area (Å²) in [5.41, 5.74) is 5.48. The summed E-state index contributed by atoms with van der Waals surface area (Å²) in [6.45, 7) is 3.96. The van der Waals surface area contributed by atoms with Gasteiger partial charge in [-0.2, -0.15) is 0 Å². The van der Waals surface area contributed by atoms with Gasteiger partial charge in [0, 0.05) is 6.04 Å². The molecule has 1 fully saturated rings. The molecule has 1 saturated carbocycles. The van der Waals surface area contributed by atoms with Crippen LogP contribution >= 0.6 is 0 Å². The summed E-state index contributed by atoms with van der Waals surface area (Å²) < 4.78 is 0. The Labute approximate surface area is 80.1 Å². The maximum Gasteiger partial charge on any atom is 0.236 e. The van der Waals surface area contributed by atoms with Gasteiger partial charge < -0.3 is 11.1 Å². The van der Waals surface area contributed by atoms with E-state index in [1.54, 1.807) is 6.92 Å². The van der Waals surface area contributed by atoms with Crippen molar-refractivity contribution in [1.29, 1.82) is 0 Å². The van der Waals surface area contributed by atoms with Crippen molar-refractivity contribution in [2.24, 2.45) is 11.7 Å². The Balaban J connectivity index is 2.31. The fourth-order valence-electron chi connectivity index (χ4n) is 1.90. The van der Waals surface area contributed by atoms with E-state index in [1.807, 2.05) is 0 Å².